The third kappa shape index (κ3) is 4.57. The summed E-state index contributed by atoms with van der Waals surface area (Å²) in [5.74, 6) is 0.973. The molecule has 0 fully saturated rings. The molecule has 2 aromatic rings. The first-order chi connectivity index (χ1) is 10.3. The molecular formula is C18H24N2O. The predicted molar refractivity (Wildman–Crippen MR) is 86.6 cm³/mol. The van der Waals surface area contributed by atoms with Gasteiger partial charge in [0.05, 0.1) is 6.61 Å². The molecule has 0 aliphatic heterocycles. The fourth-order valence-electron chi connectivity index (χ4n) is 2.38. The van der Waals surface area contributed by atoms with E-state index in [1.165, 1.54) is 5.56 Å². The molecule has 2 rings (SSSR count). The highest BCUT2D eigenvalue weighted by Crippen LogP contribution is 2.27. The average molecular weight is 284 g/mol. The van der Waals surface area contributed by atoms with E-state index in [1.54, 1.807) is 0 Å². The first-order valence-corrected chi connectivity index (χ1v) is 7.70. The molecule has 3 heteroatoms. The molecule has 0 saturated carbocycles. The molecule has 0 radical (unpaired) electrons. The Kier molecular flexibility index (Phi) is 6.22. The number of ether oxygens (including phenoxy) is 1. The second kappa shape index (κ2) is 8.42. The maximum Gasteiger partial charge on any atom is 0.124 e. The first-order valence-electron chi connectivity index (χ1n) is 7.70. The number of nitrogens with zero attached hydrogens (tertiary/aromatic N) is 1. The minimum absolute atomic E-state index is 0.220. The van der Waals surface area contributed by atoms with Crippen LogP contribution in [-0.4, -0.2) is 18.1 Å². The molecule has 1 heterocycles. The lowest BCUT2D eigenvalue weighted by molar-refractivity contribution is 0.310. The Hall–Kier alpha value is -1.87. The van der Waals surface area contributed by atoms with Gasteiger partial charge in [0.1, 0.15) is 5.75 Å². The van der Waals surface area contributed by atoms with Gasteiger partial charge < -0.3 is 10.1 Å². The molecule has 21 heavy (non-hydrogen) atoms. The van der Waals surface area contributed by atoms with E-state index in [-0.39, 0.29) is 6.04 Å². The summed E-state index contributed by atoms with van der Waals surface area (Å²) in [5, 5.41) is 3.54. The standard InChI is InChI=1S/C18H24N2O/c1-3-13-21-18-11-6-5-10-16(18)17(19-4-2)14-15-9-7-8-12-20-15/h5-12,17,19H,3-4,13-14H2,1-2H3. The highest BCUT2D eigenvalue weighted by Gasteiger charge is 2.16. The van der Waals surface area contributed by atoms with Crippen molar-refractivity contribution in [3.63, 3.8) is 0 Å². The minimum Gasteiger partial charge on any atom is -0.493 e. The minimum atomic E-state index is 0.220. The van der Waals surface area contributed by atoms with Crippen molar-refractivity contribution in [2.24, 2.45) is 0 Å². The van der Waals surface area contributed by atoms with Crippen LogP contribution in [0.4, 0.5) is 0 Å². The number of pyridine rings is 1. The van der Waals surface area contributed by atoms with Crippen LogP contribution in [-0.2, 0) is 6.42 Å². The highest BCUT2D eigenvalue weighted by molar-refractivity contribution is 5.36. The van der Waals surface area contributed by atoms with Crippen molar-refractivity contribution in [2.45, 2.75) is 32.7 Å². The van der Waals surface area contributed by atoms with E-state index in [0.29, 0.717) is 0 Å². The molecule has 0 spiro atoms. The molecule has 112 valence electrons. The van der Waals surface area contributed by atoms with Crippen LogP contribution in [0.1, 0.15) is 37.6 Å². The summed E-state index contributed by atoms with van der Waals surface area (Å²) in [6.45, 7) is 5.91. The number of aromatic nitrogens is 1. The van der Waals surface area contributed by atoms with Gasteiger partial charge in [-0.25, -0.2) is 0 Å². The largest absolute Gasteiger partial charge is 0.493 e. The molecule has 1 atom stereocenters. The lowest BCUT2D eigenvalue weighted by Crippen LogP contribution is -2.24. The van der Waals surface area contributed by atoms with Crippen LogP contribution in [0.15, 0.2) is 48.7 Å². The van der Waals surface area contributed by atoms with Crippen molar-refractivity contribution >= 4 is 0 Å². The van der Waals surface area contributed by atoms with Crippen LogP contribution in [0, 0.1) is 0 Å². The van der Waals surface area contributed by atoms with Gasteiger partial charge in [-0.15, -0.1) is 0 Å². The zero-order valence-electron chi connectivity index (χ0n) is 12.9. The summed E-state index contributed by atoms with van der Waals surface area (Å²) in [5.41, 5.74) is 2.30. The summed E-state index contributed by atoms with van der Waals surface area (Å²) in [7, 11) is 0. The molecule has 1 aromatic heterocycles. The van der Waals surface area contributed by atoms with Crippen LogP contribution in [0.3, 0.4) is 0 Å². The van der Waals surface area contributed by atoms with Gasteiger partial charge in [-0.2, -0.15) is 0 Å². The molecule has 0 saturated heterocycles. The van der Waals surface area contributed by atoms with Gasteiger partial charge in [-0.3, -0.25) is 4.98 Å². The second-order valence-electron chi connectivity index (χ2n) is 5.02. The van der Waals surface area contributed by atoms with Gasteiger partial charge in [0.25, 0.3) is 0 Å². The van der Waals surface area contributed by atoms with Crippen molar-refractivity contribution in [3.8, 4) is 5.75 Å². The number of likely N-dealkylation sites (N-methyl/N-ethyl adjacent to an activating group) is 1. The van der Waals surface area contributed by atoms with Crippen molar-refractivity contribution in [1.82, 2.24) is 10.3 Å². The van der Waals surface area contributed by atoms with Crippen molar-refractivity contribution < 1.29 is 4.74 Å². The number of rotatable bonds is 8. The smallest absolute Gasteiger partial charge is 0.124 e. The van der Waals surface area contributed by atoms with E-state index in [0.717, 1.165) is 37.4 Å². The van der Waals surface area contributed by atoms with Crippen molar-refractivity contribution in [3.05, 3.63) is 59.9 Å². The van der Waals surface area contributed by atoms with Gasteiger partial charge in [0.15, 0.2) is 0 Å². The molecule has 0 aliphatic carbocycles. The average Bonchev–Trinajstić information content (AvgIpc) is 2.54. The Morgan fingerprint density at radius 3 is 2.62 bits per heavy atom. The van der Waals surface area contributed by atoms with Gasteiger partial charge in [-0.1, -0.05) is 38.1 Å². The maximum absolute atomic E-state index is 5.89. The molecule has 0 bridgehead atoms. The topological polar surface area (TPSA) is 34.1 Å². The molecule has 3 nitrogen and oxygen atoms in total. The van der Waals surface area contributed by atoms with Gasteiger partial charge in [-0.05, 0) is 31.2 Å². The Balaban J connectivity index is 2.21. The molecule has 1 N–H and O–H groups in total. The lowest BCUT2D eigenvalue weighted by Gasteiger charge is -2.21. The summed E-state index contributed by atoms with van der Waals surface area (Å²) < 4.78 is 5.89. The van der Waals surface area contributed by atoms with Crippen LogP contribution in [0.2, 0.25) is 0 Å². The van der Waals surface area contributed by atoms with Crippen molar-refractivity contribution in [2.75, 3.05) is 13.2 Å². The Morgan fingerprint density at radius 1 is 1.10 bits per heavy atom. The quantitative estimate of drug-likeness (QED) is 0.801. The number of nitrogens with one attached hydrogen (secondary N) is 1. The normalized spacial score (nSPS) is 12.1. The van der Waals surface area contributed by atoms with Crippen LogP contribution in [0.25, 0.3) is 0 Å². The number of hydrogen-bond acceptors (Lipinski definition) is 3. The van der Waals surface area contributed by atoms with E-state index in [2.05, 4.69) is 42.3 Å². The SMILES string of the molecule is CCCOc1ccccc1C(Cc1ccccn1)NCC. The third-order valence-corrected chi connectivity index (χ3v) is 3.35. The summed E-state index contributed by atoms with van der Waals surface area (Å²) in [4.78, 5) is 4.44. The second-order valence-corrected chi connectivity index (χ2v) is 5.02. The Morgan fingerprint density at radius 2 is 1.90 bits per heavy atom. The van der Waals surface area contributed by atoms with Gasteiger partial charge in [0.2, 0.25) is 0 Å². The van der Waals surface area contributed by atoms with Crippen LogP contribution >= 0.6 is 0 Å². The third-order valence-electron chi connectivity index (χ3n) is 3.35. The first kappa shape index (κ1) is 15.5. The van der Waals surface area contributed by atoms with Crippen LogP contribution in [0.5, 0.6) is 5.75 Å². The van der Waals surface area contributed by atoms with E-state index in [4.69, 9.17) is 4.74 Å². The fourth-order valence-corrected chi connectivity index (χ4v) is 2.38. The van der Waals surface area contributed by atoms with Crippen LogP contribution < -0.4 is 10.1 Å². The van der Waals surface area contributed by atoms with E-state index < -0.39 is 0 Å². The van der Waals surface area contributed by atoms with Gasteiger partial charge in [0, 0.05) is 29.9 Å². The molecular weight excluding hydrogens is 260 g/mol. The summed E-state index contributed by atoms with van der Waals surface area (Å²) in [6.07, 6.45) is 3.72. The molecule has 1 unspecified atom stereocenters. The van der Waals surface area contributed by atoms with E-state index in [9.17, 15) is 0 Å². The predicted octanol–water partition coefficient (Wildman–Crippen LogP) is 3.76. The van der Waals surface area contributed by atoms with Crippen molar-refractivity contribution in [1.29, 1.82) is 0 Å². The molecule has 0 amide bonds. The fraction of sp³-hybridized carbons (Fsp3) is 0.389. The molecule has 0 aliphatic rings. The van der Waals surface area contributed by atoms with E-state index >= 15 is 0 Å². The van der Waals surface area contributed by atoms with Gasteiger partial charge >= 0.3 is 0 Å². The molecule has 1 aromatic carbocycles. The maximum atomic E-state index is 5.89. The van der Waals surface area contributed by atoms with E-state index in [1.807, 2.05) is 30.5 Å². The number of para-hydroxylation sites is 1. The number of benzene rings is 1. The Labute approximate surface area is 127 Å². The zero-order chi connectivity index (χ0) is 14.9. The number of hydrogen-bond donors (Lipinski definition) is 1. The Bertz CT molecular complexity index is 528. The lowest BCUT2D eigenvalue weighted by atomic mass is 10.0. The highest BCUT2D eigenvalue weighted by atomic mass is 16.5. The summed E-state index contributed by atoms with van der Waals surface area (Å²) >= 11 is 0. The summed E-state index contributed by atoms with van der Waals surface area (Å²) in [6, 6.07) is 14.6. The zero-order valence-corrected chi connectivity index (χ0v) is 12.9. The monoisotopic (exact) mass is 284 g/mol.